The number of hydrogen-bond donors (Lipinski definition) is 12. The summed E-state index contributed by atoms with van der Waals surface area (Å²) >= 11 is 0. The van der Waals surface area contributed by atoms with Crippen molar-refractivity contribution in [1.82, 2.24) is 0 Å². The van der Waals surface area contributed by atoms with Crippen molar-refractivity contribution in [2.75, 3.05) is 33.0 Å². The molecule has 0 unspecified atom stereocenters. The van der Waals surface area contributed by atoms with Crippen LogP contribution in [0.3, 0.4) is 0 Å². The molecular formula is C50H82O22. The van der Waals surface area contributed by atoms with E-state index in [2.05, 4.69) is 27.7 Å². The summed E-state index contributed by atoms with van der Waals surface area (Å²) in [4.78, 5) is 0. The summed E-state index contributed by atoms with van der Waals surface area (Å²) in [5.74, 6) is 2.71. The van der Waals surface area contributed by atoms with Crippen molar-refractivity contribution in [3.63, 3.8) is 0 Å². The second kappa shape index (κ2) is 21.1. The molecule has 10 fully saturated rings. The predicted octanol–water partition coefficient (Wildman–Crippen LogP) is -2.27. The van der Waals surface area contributed by atoms with E-state index in [0.29, 0.717) is 48.3 Å². The maximum atomic E-state index is 12.4. The Morgan fingerprint density at radius 2 is 1.18 bits per heavy atom. The van der Waals surface area contributed by atoms with Crippen LogP contribution in [0.4, 0.5) is 0 Å². The molecule has 1 spiro atoms. The number of hydrogen-bond acceptors (Lipinski definition) is 22. The van der Waals surface area contributed by atoms with E-state index in [1.807, 2.05) is 0 Å². The largest absolute Gasteiger partial charge is 0.394 e. The van der Waals surface area contributed by atoms with Gasteiger partial charge >= 0.3 is 0 Å². The van der Waals surface area contributed by atoms with Gasteiger partial charge < -0.3 is 109 Å². The lowest BCUT2D eigenvalue weighted by molar-refractivity contribution is -0.392. The third-order valence-corrected chi connectivity index (χ3v) is 20.0. The van der Waals surface area contributed by atoms with Crippen molar-refractivity contribution >= 4 is 0 Å². The minimum absolute atomic E-state index is 0.0109. The Morgan fingerprint density at radius 3 is 1.86 bits per heavy atom. The lowest BCUT2D eigenvalue weighted by Crippen LogP contribution is -2.67. The summed E-state index contributed by atoms with van der Waals surface area (Å²) < 4.78 is 62.1. The summed E-state index contributed by atoms with van der Waals surface area (Å²) in [6.45, 7) is 7.75. The number of aliphatic hydroxyl groups is 12. The second-order valence-corrected chi connectivity index (χ2v) is 23.9. The first-order valence-electron chi connectivity index (χ1n) is 26.7. The first kappa shape index (κ1) is 54.5. The van der Waals surface area contributed by atoms with Crippen molar-refractivity contribution in [3.05, 3.63) is 0 Å². The summed E-state index contributed by atoms with van der Waals surface area (Å²) in [5.41, 5.74) is 0.170. The zero-order valence-corrected chi connectivity index (χ0v) is 41.7. The Morgan fingerprint density at radius 1 is 0.542 bits per heavy atom. The molecule has 0 aromatic heterocycles. The molecule has 72 heavy (non-hydrogen) atoms. The highest BCUT2D eigenvalue weighted by molar-refractivity contribution is 5.15. The van der Waals surface area contributed by atoms with Crippen LogP contribution in [0.5, 0.6) is 0 Å². The zero-order valence-electron chi connectivity index (χ0n) is 41.7. The van der Waals surface area contributed by atoms with Crippen molar-refractivity contribution < 1.29 is 109 Å². The van der Waals surface area contributed by atoms with Gasteiger partial charge in [-0.2, -0.15) is 0 Å². The average Bonchev–Trinajstić information content (AvgIpc) is 3.81. The van der Waals surface area contributed by atoms with Gasteiger partial charge in [0, 0.05) is 12.3 Å². The monoisotopic (exact) mass is 1030 g/mol. The van der Waals surface area contributed by atoms with Gasteiger partial charge in [0.15, 0.2) is 30.9 Å². The molecule has 22 heteroatoms. The van der Waals surface area contributed by atoms with Crippen molar-refractivity contribution in [3.8, 4) is 0 Å². The maximum absolute atomic E-state index is 12.4. The molecule has 31 atom stereocenters. The number of fused-ring (bicyclic) bond motifs is 7. The standard InChI is InChI=1S/C50H82O22/c1-20-7-12-50(65-17-20)21(2)32-28(72-50)14-26-24-6-5-22-13-23(8-10-48(22,3)25(24)9-11-49(26,32)4)66-47-43(71-46-40(61)37(58)35(56)30(16-52)68-46)41(62)42(70-45-38(59)33(54)27(53)18-63-45)31(69-47)19-64-44-39(60)36(57)34(55)29(15-51)67-44/h20-47,51-62H,5-19H2,1-4H3/t20-,21-,22+,23-,24+,25-,26-,27-,28-,29+,30+,31+,32-,33-,34+,35+,36-,37-,38+,39+,40+,41-,42+,43+,44+,45-,46-,47+,48-,49-,50+/m0/s1. The summed E-state index contributed by atoms with van der Waals surface area (Å²) in [7, 11) is 0. The third kappa shape index (κ3) is 9.36. The van der Waals surface area contributed by atoms with Crippen LogP contribution in [0.15, 0.2) is 0 Å². The average molecular weight is 1040 g/mol. The molecule has 0 amide bonds. The van der Waals surface area contributed by atoms with Gasteiger partial charge in [0.05, 0.1) is 45.2 Å². The predicted molar refractivity (Wildman–Crippen MR) is 242 cm³/mol. The van der Waals surface area contributed by atoms with E-state index in [1.54, 1.807) is 0 Å². The molecule has 0 radical (unpaired) electrons. The molecule has 10 aliphatic rings. The zero-order chi connectivity index (χ0) is 51.3. The first-order valence-corrected chi connectivity index (χ1v) is 26.7. The Kier molecular flexibility index (Phi) is 15.9. The van der Waals surface area contributed by atoms with Gasteiger partial charge in [-0.05, 0) is 104 Å². The van der Waals surface area contributed by atoms with Gasteiger partial charge in [-0.1, -0.05) is 27.7 Å². The lowest BCUT2D eigenvalue weighted by Gasteiger charge is -2.61. The third-order valence-electron chi connectivity index (χ3n) is 20.0. The minimum Gasteiger partial charge on any atom is -0.394 e. The van der Waals surface area contributed by atoms with E-state index in [-0.39, 0.29) is 22.9 Å². The Labute approximate surface area is 419 Å². The van der Waals surface area contributed by atoms with E-state index in [9.17, 15) is 61.3 Å². The lowest BCUT2D eigenvalue weighted by atomic mass is 9.44. The normalized spacial score (nSPS) is 57.8. The Bertz CT molecular complexity index is 1820. The fourth-order valence-electron chi connectivity index (χ4n) is 15.8. The molecular weight excluding hydrogens is 953 g/mol. The highest BCUT2D eigenvalue weighted by atomic mass is 16.8. The fraction of sp³-hybridized carbons (Fsp3) is 1.00. The highest BCUT2D eigenvalue weighted by Crippen LogP contribution is 2.71. The summed E-state index contributed by atoms with van der Waals surface area (Å²) in [6, 6.07) is 0. The molecule has 12 N–H and O–H groups in total. The van der Waals surface area contributed by atoms with E-state index in [4.69, 9.17) is 47.4 Å². The smallest absolute Gasteiger partial charge is 0.187 e. The van der Waals surface area contributed by atoms with Crippen LogP contribution in [0, 0.1) is 52.3 Å². The molecule has 6 saturated heterocycles. The maximum Gasteiger partial charge on any atom is 0.187 e. The minimum atomic E-state index is -1.90. The van der Waals surface area contributed by atoms with Crippen molar-refractivity contribution in [2.45, 2.75) is 227 Å². The van der Waals surface area contributed by atoms with Gasteiger partial charge in [0.2, 0.25) is 0 Å². The van der Waals surface area contributed by atoms with Crippen LogP contribution in [0.2, 0.25) is 0 Å². The van der Waals surface area contributed by atoms with E-state index in [1.165, 1.54) is 0 Å². The number of aliphatic hydroxyl groups excluding tert-OH is 12. The first-order chi connectivity index (χ1) is 34.2. The van der Waals surface area contributed by atoms with Crippen LogP contribution < -0.4 is 0 Å². The van der Waals surface area contributed by atoms with Gasteiger partial charge in [0.25, 0.3) is 0 Å². The number of ether oxygens (including phenoxy) is 10. The summed E-state index contributed by atoms with van der Waals surface area (Å²) in [6.07, 6.45) is -22.4. The Hall–Kier alpha value is -0.880. The molecule has 10 rings (SSSR count). The van der Waals surface area contributed by atoms with Gasteiger partial charge in [-0.25, -0.2) is 0 Å². The molecule has 4 saturated carbocycles. The Balaban J connectivity index is 0.884. The quantitative estimate of drug-likeness (QED) is 0.0971. The molecule has 6 aliphatic heterocycles. The highest BCUT2D eigenvalue weighted by Gasteiger charge is 2.69. The number of rotatable bonds is 11. The molecule has 4 aliphatic carbocycles. The van der Waals surface area contributed by atoms with Crippen molar-refractivity contribution in [1.29, 1.82) is 0 Å². The fourth-order valence-corrected chi connectivity index (χ4v) is 15.8. The van der Waals surface area contributed by atoms with E-state index < -0.39 is 155 Å². The molecule has 6 heterocycles. The topological polar surface area (TPSA) is 335 Å². The van der Waals surface area contributed by atoms with E-state index >= 15 is 0 Å². The molecule has 414 valence electrons. The molecule has 0 aromatic carbocycles. The van der Waals surface area contributed by atoms with Crippen LogP contribution in [0.25, 0.3) is 0 Å². The SMILES string of the molecule is C[C@H]1CC[C@@]2(OC1)O[C@H]1C[C@H]3[C@@H]4CC[C@@H]5C[C@@H](O[C@@H]6O[C@H](CO[C@@H]7O[C@H](CO)[C@@H](O)[C@H](O)[C@H]7O)[C@@H](O[C@@H]7OC[C@H](O)[C@H](O)[C@H]7O)[C@H](O)[C@H]6O[C@@H]6O[C@H](CO)[C@@H](O)[C@H](O)[C@H]6O)CC[C@]5(C)[C@H]4CC[C@]3(C)[C@H]1[C@@H]2C. The van der Waals surface area contributed by atoms with Crippen molar-refractivity contribution in [2.24, 2.45) is 52.3 Å². The van der Waals surface area contributed by atoms with Crippen LogP contribution in [-0.4, -0.2) is 229 Å². The second-order valence-electron chi connectivity index (χ2n) is 23.9. The van der Waals surface area contributed by atoms with Gasteiger partial charge in [-0.3, -0.25) is 0 Å². The van der Waals surface area contributed by atoms with Gasteiger partial charge in [0.1, 0.15) is 91.6 Å². The molecule has 0 aromatic rings. The van der Waals surface area contributed by atoms with E-state index in [0.717, 1.165) is 58.0 Å². The molecule has 22 nitrogen and oxygen atoms in total. The molecule has 0 bridgehead atoms. The van der Waals surface area contributed by atoms with Crippen LogP contribution in [0.1, 0.15) is 91.9 Å². The van der Waals surface area contributed by atoms with Gasteiger partial charge in [-0.15, -0.1) is 0 Å². The summed E-state index contributed by atoms with van der Waals surface area (Å²) in [5, 5.41) is 128. The van der Waals surface area contributed by atoms with Crippen LogP contribution >= 0.6 is 0 Å². The van der Waals surface area contributed by atoms with Crippen LogP contribution in [-0.2, 0) is 47.4 Å².